The minimum absolute atomic E-state index is 0.250. The third-order valence-electron chi connectivity index (χ3n) is 1.21. The first-order valence-electron chi connectivity index (χ1n) is 3.44. The van der Waals surface area contributed by atoms with Crippen LogP contribution in [-0.2, 0) is 16.7 Å². The predicted molar refractivity (Wildman–Crippen MR) is 43.4 cm³/mol. The first-order chi connectivity index (χ1) is 5.53. The van der Waals surface area contributed by atoms with Crippen LogP contribution in [0.2, 0.25) is 0 Å². The second-order valence-electron chi connectivity index (χ2n) is 2.27. The van der Waals surface area contributed by atoms with Crippen molar-refractivity contribution in [1.29, 1.82) is 0 Å². The first-order valence-corrected chi connectivity index (χ1v) is 5.26. The van der Waals surface area contributed by atoms with Crippen LogP contribution in [-0.4, -0.2) is 24.5 Å². The summed E-state index contributed by atoms with van der Waals surface area (Å²) in [5, 5.41) is 3.85. The Balaban J connectivity index is 2.89. The van der Waals surface area contributed by atoms with Crippen molar-refractivity contribution in [3.05, 3.63) is 12.3 Å². The van der Waals surface area contributed by atoms with Gasteiger partial charge in [0, 0.05) is 12.6 Å². The van der Waals surface area contributed by atoms with E-state index in [2.05, 4.69) is 9.28 Å². The van der Waals surface area contributed by atoms with Crippen LogP contribution in [0.1, 0.15) is 6.92 Å². The summed E-state index contributed by atoms with van der Waals surface area (Å²) in [4.78, 5) is 0. The van der Waals surface area contributed by atoms with E-state index in [-0.39, 0.29) is 5.88 Å². The summed E-state index contributed by atoms with van der Waals surface area (Å²) >= 11 is 0. The molecule has 0 bridgehead atoms. The lowest BCUT2D eigenvalue weighted by atomic mass is 10.7. The SMILES string of the molecule is CCn1nccc1OS(C)(=O)=O. The third kappa shape index (κ3) is 2.23. The van der Waals surface area contributed by atoms with Crippen molar-refractivity contribution in [2.24, 2.45) is 0 Å². The summed E-state index contributed by atoms with van der Waals surface area (Å²) in [6, 6.07) is 1.50. The van der Waals surface area contributed by atoms with Gasteiger partial charge in [0.15, 0.2) is 0 Å². The van der Waals surface area contributed by atoms with E-state index in [0.29, 0.717) is 6.54 Å². The molecule has 0 fully saturated rings. The van der Waals surface area contributed by atoms with Gasteiger partial charge in [-0.3, -0.25) is 0 Å². The summed E-state index contributed by atoms with van der Waals surface area (Å²) in [6.45, 7) is 2.43. The lowest BCUT2D eigenvalue weighted by molar-refractivity contribution is 0.449. The topological polar surface area (TPSA) is 61.2 Å². The highest BCUT2D eigenvalue weighted by molar-refractivity contribution is 7.86. The molecule has 1 aromatic heterocycles. The normalized spacial score (nSPS) is 11.5. The van der Waals surface area contributed by atoms with E-state index >= 15 is 0 Å². The molecule has 1 heterocycles. The second kappa shape index (κ2) is 3.14. The van der Waals surface area contributed by atoms with Gasteiger partial charge in [-0.25, -0.2) is 4.68 Å². The van der Waals surface area contributed by atoms with Crippen LogP contribution in [0, 0.1) is 0 Å². The van der Waals surface area contributed by atoms with Crippen molar-refractivity contribution < 1.29 is 12.6 Å². The van der Waals surface area contributed by atoms with E-state index in [1.165, 1.54) is 16.9 Å². The molecule has 68 valence electrons. The Labute approximate surface area is 71.1 Å². The fraction of sp³-hybridized carbons (Fsp3) is 0.500. The molecule has 0 N–H and O–H groups in total. The van der Waals surface area contributed by atoms with E-state index < -0.39 is 10.1 Å². The predicted octanol–water partition coefficient (Wildman–Crippen LogP) is 0.241. The smallest absolute Gasteiger partial charge is 0.307 e. The number of nitrogens with zero attached hydrogens (tertiary/aromatic N) is 2. The molecule has 1 rings (SSSR count). The zero-order valence-electron chi connectivity index (χ0n) is 6.89. The van der Waals surface area contributed by atoms with Crippen molar-refractivity contribution in [3.8, 4) is 5.88 Å². The van der Waals surface area contributed by atoms with E-state index in [9.17, 15) is 8.42 Å². The van der Waals surface area contributed by atoms with Gasteiger partial charge >= 0.3 is 10.1 Å². The minimum atomic E-state index is -3.44. The van der Waals surface area contributed by atoms with Crippen LogP contribution in [0.3, 0.4) is 0 Å². The maximum atomic E-state index is 10.7. The van der Waals surface area contributed by atoms with Crippen LogP contribution in [0.25, 0.3) is 0 Å². The Hall–Kier alpha value is -1.04. The number of aryl methyl sites for hydroxylation is 1. The molecule has 0 saturated heterocycles. The van der Waals surface area contributed by atoms with Gasteiger partial charge in [0.05, 0.1) is 12.5 Å². The quantitative estimate of drug-likeness (QED) is 0.640. The first kappa shape index (κ1) is 9.05. The van der Waals surface area contributed by atoms with E-state index in [4.69, 9.17) is 0 Å². The molecule has 0 spiro atoms. The van der Waals surface area contributed by atoms with Crippen molar-refractivity contribution in [1.82, 2.24) is 9.78 Å². The van der Waals surface area contributed by atoms with Gasteiger partial charge in [0.1, 0.15) is 0 Å². The molecule has 0 aliphatic carbocycles. The van der Waals surface area contributed by atoms with Crippen LogP contribution >= 0.6 is 0 Å². The average Bonchev–Trinajstić information content (AvgIpc) is 2.31. The van der Waals surface area contributed by atoms with Gasteiger partial charge in [-0.1, -0.05) is 0 Å². The molecule has 0 atom stereocenters. The summed E-state index contributed by atoms with van der Waals surface area (Å²) in [7, 11) is -3.44. The minimum Gasteiger partial charge on any atom is -0.362 e. The molecule has 0 aliphatic heterocycles. The van der Waals surface area contributed by atoms with Crippen molar-refractivity contribution in [2.45, 2.75) is 13.5 Å². The van der Waals surface area contributed by atoms with Crippen LogP contribution < -0.4 is 4.18 Å². The molecular weight excluding hydrogens is 180 g/mol. The lowest BCUT2D eigenvalue weighted by Gasteiger charge is -2.03. The molecule has 0 aliphatic rings. The second-order valence-corrected chi connectivity index (χ2v) is 3.85. The molecule has 1 aromatic rings. The van der Waals surface area contributed by atoms with Gasteiger partial charge < -0.3 is 4.18 Å². The number of rotatable bonds is 3. The van der Waals surface area contributed by atoms with Gasteiger partial charge in [-0.15, -0.1) is 0 Å². The maximum absolute atomic E-state index is 10.7. The van der Waals surface area contributed by atoms with E-state index in [1.807, 2.05) is 6.92 Å². The van der Waals surface area contributed by atoms with Crippen molar-refractivity contribution in [3.63, 3.8) is 0 Å². The van der Waals surface area contributed by atoms with Gasteiger partial charge in [0.2, 0.25) is 5.88 Å². The number of aromatic nitrogens is 2. The molecule has 6 heteroatoms. The number of hydrogen-bond donors (Lipinski definition) is 0. The highest BCUT2D eigenvalue weighted by Crippen LogP contribution is 2.10. The summed E-state index contributed by atoms with van der Waals surface area (Å²) in [5.41, 5.74) is 0. The van der Waals surface area contributed by atoms with Gasteiger partial charge in [0.25, 0.3) is 0 Å². The zero-order chi connectivity index (χ0) is 9.19. The summed E-state index contributed by atoms with van der Waals surface area (Å²) < 4.78 is 27.5. The summed E-state index contributed by atoms with van der Waals surface area (Å²) in [5.74, 6) is 0.250. The Morgan fingerprint density at radius 3 is 2.83 bits per heavy atom. The molecule has 5 nitrogen and oxygen atoms in total. The average molecular weight is 190 g/mol. The number of hydrogen-bond acceptors (Lipinski definition) is 4. The Morgan fingerprint density at radius 2 is 2.33 bits per heavy atom. The van der Waals surface area contributed by atoms with Gasteiger partial charge in [-0.05, 0) is 6.92 Å². The molecule has 0 saturated carbocycles. The molecule has 0 amide bonds. The van der Waals surface area contributed by atoms with Crippen molar-refractivity contribution >= 4 is 10.1 Å². The molecule has 0 aromatic carbocycles. The highest BCUT2D eigenvalue weighted by atomic mass is 32.2. The van der Waals surface area contributed by atoms with Crippen LogP contribution in [0.5, 0.6) is 5.88 Å². The lowest BCUT2D eigenvalue weighted by Crippen LogP contribution is -2.10. The monoisotopic (exact) mass is 190 g/mol. The standard InChI is InChI=1S/C6H10N2O3S/c1-3-8-6(4-5-7-8)11-12(2,9)10/h4-5H,3H2,1-2H3. The molecule has 0 radical (unpaired) electrons. The van der Waals surface area contributed by atoms with E-state index in [1.54, 1.807) is 0 Å². The largest absolute Gasteiger partial charge is 0.362 e. The molecule has 12 heavy (non-hydrogen) atoms. The van der Waals surface area contributed by atoms with Crippen LogP contribution in [0.4, 0.5) is 0 Å². The maximum Gasteiger partial charge on any atom is 0.307 e. The fourth-order valence-corrected chi connectivity index (χ4v) is 1.24. The third-order valence-corrected chi connectivity index (χ3v) is 1.69. The van der Waals surface area contributed by atoms with Gasteiger partial charge in [-0.2, -0.15) is 13.5 Å². The molecule has 0 unspecified atom stereocenters. The zero-order valence-corrected chi connectivity index (χ0v) is 7.71. The Morgan fingerprint density at radius 1 is 1.67 bits per heavy atom. The Kier molecular flexibility index (Phi) is 2.37. The van der Waals surface area contributed by atoms with Crippen molar-refractivity contribution in [2.75, 3.05) is 6.26 Å². The van der Waals surface area contributed by atoms with E-state index in [0.717, 1.165) is 6.26 Å². The van der Waals surface area contributed by atoms with Crippen LogP contribution in [0.15, 0.2) is 12.3 Å². The highest BCUT2D eigenvalue weighted by Gasteiger charge is 2.07. The molecular formula is C6H10N2O3S. The summed E-state index contributed by atoms with van der Waals surface area (Å²) in [6.07, 6.45) is 2.49. The Bertz CT molecular complexity index is 355. The fourth-order valence-electron chi connectivity index (χ4n) is 0.784.